The van der Waals surface area contributed by atoms with Crippen molar-refractivity contribution in [1.82, 2.24) is 24.1 Å². The van der Waals surface area contributed by atoms with E-state index in [-0.39, 0.29) is 17.1 Å². The van der Waals surface area contributed by atoms with Gasteiger partial charge in [-0.3, -0.25) is 9.59 Å². The molecule has 34 heavy (non-hydrogen) atoms. The van der Waals surface area contributed by atoms with Gasteiger partial charge in [-0.1, -0.05) is 60.3 Å². The molecule has 6 rings (SSSR count). The van der Waals surface area contributed by atoms with Crippen LogP contribution in [-0.4, -0.2) is 49.2 Å². The highest BCUT2D eigenvalue weighted by molar-refractivity contribution is 7.99. The molecule has 0 saturated heterocycles. The summed E-state index contributed by atoms with van der Waals surface area (Å²) >= 11 is 2.98. The van der Waals surface area contributed by atoms with Gasteiger partial charge in [0.15, 0.2) is 10.9 Å². The molecule has 7 nitrogen and oxygen atoms in total. The van der Waals surface area contributed by atoms with E-state index in [1.54, 1.807) is 15.9 Å². The average Bonchev–Trinajstić information content (AvgIpc) is 3.45. The van der Waals surface area contributed by atoms with Gasteiger partial charge in [0.1, 0.15) is 4.83 Å². The summed E-state index contributed by atoms with van der Waals surface area (Å²) in [6.07, 6.45) is 0.832. The molecular formula is C25H21N5O2S2. The minimum absolute atomic E-state index is 0.0297. The van der Waals surface area contributed by atoms with Crippen LogP contribution in [0.15, 0.2) is 70.6 Å². The van der Waals surface area contributed by atoms with Crippen LogP contribution in [-0.2, 0) is 13.0 Å². The number of carbonyl (C=O) groups is 1. The number of benzene rings is 2. The number of thiophene rings is 1. The quantitative estimate of drug-likeness (QED) is 0.275. The molecule has 0 spiro atoms. The van der Waals surface area contributed by atoms with Gasteiger partial charge in [0.05, 0.1) is 16.8 Å². The third kappa shape index (κ3) is 3.48. The second kappa shape index (κ2) is 8.50. The van der Waals surface area contributed by atoms with E-state index >= 15 is 0 Å². The number of likely N-dealkylation sites (N-methyl/N-ethyl adjacent to an activating group) is 1. The van der Waals surface area contributed by atoms with E-state index in [0.717, 1.165) is 41.0 Å². The summed E-state index contributed by atoms with van der Waals surface area (Å²) in [5, 5.41) is 10.2. The second-order valence-electron chi connectivity index (χ2n) is 8.34. The van der Waals surface area contributed by atoms with Crippen LogP contribution in [0.2, 0.25) is 0 Å². The van der Waals surface area contributed by atoms with Crippen LogP contribution >= 0.6 is 23.1 Å². The molecule has 1 aliphatic rings. The predicted molar refractivity (Wildman–Crippen MR) is 136 cm³/mol. The number of Topliss-reactive ketones (excluding diaryl/α,β-unsaturated/α-hetero) is 1. The van der Waals surface area contributed by atoms with Crippen molar-refractivity contribution in [2.45, 2.75) is 18.1 Å². The van der Waals surface area contributed by atoms with E-state index in [9.17, 15) is 9.59 Å². The molecule has 3 aromatic heterocycles. The van der Waals surface area contributed by atoms with Crippen LogP contribution in [0.1, 0.15) is 20.8 Å². The molecule has 170 valence electrons. The van der Waals surface area contributed by atoms with Gasteiger partial charge in [-0.15, -0.1) is 21.5 Å². The number of aromatic nitrogens is 4. The van der Waals surface area contributed by atoms with E-state index in [1.165, 1.54) is 16.6 Å². The maximum atomic E-state index is 13.8. The standard InChI is InChI=1S/C25H21N5O2S2/c1-28-13-12-18-20(14-28)34-23-21(18)22(32)29(17-10-6-3-7-11-17)24-26-27-25(30(23)24)33-15-19(31)16-8-4-2-5-9-16/h2-11H,12-15H2,1H3. The van der Waals surface area contributed by atoms with Crippen LogP contribution in [0.3, 0.4) is 0 Å². The lowest BCUT2D eigenvalue weighted by Gasteiger charge is -2.21. The Kier molecular flexibility index (Phi) is 5.32. The van der Waals surface area contributed by atoms with Crippen molar-refractivity contribution >= 4 is 44.9 Å². The van der Waals surface area contributed by atoms with Gasteiger partial charge in [0.2, 0.25) is 5.78 Å². The van der Waals surface area contributed by atoms with Crippen LogP contribution in [0, 0.1) is 0 Å². The molecule has 9 heteroatoms. The molecule has 0 bridgehead atoms. The Labute approximate surface area is 203 Å². The Morgan fingerprint density at radius 2 is 1.79 bits per heavy atom. The van der Waals surface area contributed by atoms with Gasteiger partial charge in [-0.05, 0) is 31.2 Å². The fourth-order valence-electron chi connectivity index (χ4n) is 4.42. The van der Waals surface area contributed by atoms with Gasteiger partial charge in [-0.2, -0.15) is 0 Å². The number of nitrogens with zero attached hydrogens (tertiary/aromatic N) is 5. The first-order chi connectivity index (χ1) is 16.6. The highest BCUT2D eigenvalue weighted by Gasteiger charge is 2.27. The average molecular weight is 488 g/mol. The van der Waals surface area contributed by atoms with Crippen molar-refractivity contribution in [3.05, 3.63) is 87.0 Å². The molecule has 4 heterocycles. The van der Waals surface area contributed by atoms with Crippen molar-refractivity contribution in [3.8, 4) is 5.69 Å². The SMILES string of the molecule is CN1CCc2c(sc3c2c(=O)n(-c2ccccc2)c2nnc(SCC(=O)c4ccccc4)n32)C1. The fourth-order valence-corrected chi connectivity index (χ4v) is 6.73. The zero-order chi connectivity index (χ0) is 23.2. The molecule has 0 N–H and O–H groups in total. The number of para-hydroxylation sites is 1. The summed E-state index contributed by atoms with van der Waals surface area (Å²) in [7, 11) is 2.10. The first-order valence-corrected chi connectivity index (χ1v) is 12.8. The first kappa shape index (κ1) is 21.3. The van der Waals surface area contributed by atoms with Gasteiger partial charge >= 0.3 is 0 Å². The van der Waals surface area contributed by atoms with Crippen LogP contribution < -0.4 is 5.56 Å². The molecule has 5 aromatic rings. The lowest BCUT2D eigenvalue weighted by atomic mass is 10.1. The Balaban J connectivity index is 1.54. The topological polar surface area (TPSA) is 72.5 Å². The lowest BCUT2D eigenvalue weighted by molar-refractivity contribution is 0.102. The molecule has 2 aromatic carbocycles. The number of fused-ring (bicyclic) bond motifs is 5. The molecule has 0 fully saturated rings. The van der Waals surface area contributed by atoms with Crippen molar-refractivity contribution in [1.29, 1.82) is 0 Å². The largest absolute Gasteiger partial charge is 0.301 e. The highest BCUT2D eigenvalue weighted by atomic mass is 32.2. The number of carbonyl (C=O) groups excluding carboxylic acids is 1. The molecule has 0 saturated carbocycles. The van der Waals surface area contributed by atoms with Crippen LogP contribution in [0.5, 0.6) is 0 Å². The first-order valence-electron chi connectivity index (χ1n) is 11.0. The predicted octanol–water partition coefficient (Wildman–Crippen LogP) is 4.06. The number of thioether (sulfide) groups is 1. The molecule has 0 radical (unpaired) electrons. The number of rotatable bonds is 5. The van der Waals surface area contributed by atoms with E-state index in [2.05, 4.69) is 22.1 Å². The summed E-state index contributed by atoms with van der Waals surface area (Å²) < 4.78 is 3.60. The van der Waals surface area contributed by atoms with Gasteiger partial charge in [-0.25, -0.2) is 8.97 Å². The van der Waals surface area contributed by atoms with E-state index in [1.807, 2.05) is 65.1 Å². The number of ketones is 1. The molecule has 1 aliphatic heterocycles. The van der Waals surface area contributed by atoms with Crippen molar-refractivity contribution in [2.24, 2.45) is 0 Å². The highest BCUT2D eigenvalue weighted by Crippen LogP contribution is 2.35. The summed E-state index contributed by atoms with van der Waals surface area (Å²) in [5.74, 6) is 0.734. The summed E-state index contributed by atoms with van der Waals surface area (Å²) in [6.45, 7) is 1.73. The number of hydrogen-bond donors (Lipinski definition) is 0. The smallest absolute Gasteiger partial charge is 0.268 e. The second-order valence-corrected chi connectivity index (χ2v) is 10.4. The third-order valence-corrected chi connectivity index (χ3v) is 8.24. The maximum absolute atomic E-state index is 13.8. The Hall–Kier alpha value is -3.27. The zero-order valence-electron chi connectivity index (χ0n) is 18.5. The normalized spacial score (nSPS) is 14.0. The summed E-state index contributed by atoms with van der Waals surface area (Å²) in [6, 6.07) is 18.8. The monoisotopic (exact) mass is 487 g/mol. The Morgan fingerprint density at radius 3 is 2.56 bits per heavy atom. The van der Waals surface area contributed by atoms with Crippen LogP contribution in [0.25, 0.3) is 21.7 Å². The van der Waals surface area contributed by atoms with Crippen molar-refractivity contribution < 1.29 is 4.79 Å². The van der Waals surface area contributed by atoms with Crippen molar-refractivity contribution in [3.63, 3.8) is 0 Å². The Morgan fingerprint density at radius 1 is 1.06 bits per heavy atom. The summed E-state index contributed by atoms with van der Waals surface area (Å²) in [5.41, 5.74) is 2.47. The third-order valence-electron chi connectivity index (χ3n) is 6.11. The Bertz CT molecular complexity index is 1590. The van der Waals surface area contributed by atoms with Crippen molar-refractivity contribution in [2.75, 3.05) is 19.3 Å². The zero-order valence-corrected chi connectivity index (χ0v) is 20.1. The van der Waals surface area contributed by atoms with Gasteiger partial charge < -0.3 is 4.90 Å². The maximum Gasteiger partial charge on any atom is 0.268 e. The van der Waals surface area contributed by atoms with Gasteiger partial charge in [0.25, 0.3) is 5.56 Å². The molecular weight excluding hydrogens is 466 g/mol. The number of hydrogen-bond acceptors (Lipinski definition) is 7. The van der Waals surface area contributed by atoms with Crippen LogP contribution in [0.4, 0.5) is 0 Å². The minimum Gasteiger partial charge on any atom is -0.301 e. The molecule has 0 amide bonds. The molecule has 0 aliphatic carbocycles. The molecule has 0 unspecified atom stereocenters. The minimum atomic E-state index is -0.0694. The van der Waals surface area contributed by atoms with E-state index in [0.29, 0.717) is 16.5 Å². The fraction of sp³-hybridized carbons (Fsp3) is 0.200. The van der Waals surface area contributed by atoms with Gasteiger partial charge in [0, 0.05) is 23.5 Å². The lowest BCUT2D eigenvalue weighted by Crippen LogP contribution is -2.27. The van der Waals surface area contributed by atoms with E-state index < -0.39 is 0 Å². The van der Waals surface area contributed by atoms with E-state index in [4.69, 9.17) is 0 Å². The molecule has 0 atom stereocenters. The summed E-state index contributed by atoms with van der Waals surface area (Å²) in [4.78, 5) is 30.9.